The zero-order chi connectivity index (χ0) is 7.97. The number of fused-ring (bicyclic) bond motifs is 3. The lowest BCUT2D eigenvalue weighted by Crippen LogP contribution is -1.94. The molecule has 0 radical (unpaired) electrons. The van der Waals surface area contributed by atoms with Crippen molar-refractivity contribution >= 4 is 0 Å². The standard InChI is InChI=1S/C7H5N5/c1-2-5-4-12-7(9-10-11-12)6(5)8-3-1/h1-3H,4H2. The highest BCUT2D eigenvalue weighted by Gasteiger charge is 2.21. The van der Waals surface area contributed by atoms with Gasteiger partial charge in [0.25, 0.3) is 0 Å². The molecule has 58 valence electrons. The molecule has 2 aromatic heterocycles. The molecule has 2 aromatic rings. The third-order valence-corrected chi connectivity index (χ3v) is 1.96. The van der Waals surface area contributed by atoms with Gasteiger partial charge in [0.2, 0.25) is 5.82 Å². The SMILES string of the molecule is c1cnc2c(c1)Cn1nnnc1-2. The Balaban J connectivity index is 2.34. The average Bonchev–Trinajstić information content (AvgIpc) is 2.62. The van der Waals surface area contributed by atoms with Crippen molar-refractivity contribution in [1.29, 1.82) is 0 Å². The van der Waals surface area contributed by atoms with Crippen molar-refractivity contribution < 1.29 is 0 Å². The molecule has 0 fully saturated rings. The van der Waals surface area contributed by atoms with Crippen molar-refractivity contribution in [2.24, 2.45) is 0 Å². The number of aromatic nitrogens is 5. The highest BCUT2D eigenvalue weighted by atomic mass is 15.5. The van der Waals surface area contributed by atoms with Crippen LogP contribution in [0.1, 0.15) is 5.56 Å². The number of tetrazole rings is 1. The smallest absolute Gasteiger partial charge is 0.201 e. The fourth-order valence-electron chi connectivity index (χ4n) is 1.41. The van der Waals surface area contributed by atoms with Gasteiger partial charge < -0.3 is 0 Å². The molecule has 3 rings (SSSR count). The molecule has 1 aliphatic heterocycles. The molecule has 0 N–H and O–H groups in total. The van der Waals surface area contributed by atoms with E-state index in [0.717, 1.165) is 23.6 Å². The number of nitrogens with zero attached hydrogens (tertiary/aromatic N) is 5. The van der Waals surface area contributed by atoms with Crippen molar-refractivity contribution in [1.82, 2.24) is 25.2 Å². The Bertz CT molecular complexity index is 433. The van der Waals surface area contributed by atoms with Crippen LogP contribution in [0.25, 0.3) is 11.5 Å². The van der Waals surface area contributed by atoms with Gasteiger partial charge in [-0.25, -0.2) is 4.68 Å². The summed E-state index contributed by atoms with van der Waals surface area (Å²) in [4.78, 5) is 4.21. The number of hydrogen-bond donors (Lipinski definition) is 0. The minimum Gasteiger partial charge on any atom is -0.252 e. The van der Waals surface area contributed by atoms with E-state index in [-0.39, 0.29) is 0 Å². The van der Waals surface area contributed by atoms with Gasteiger partial charge in [-0.3, -0.25) is 4.98 Å². The van der Waals surface area contributed by atoms with Gasteiger partial charge in [-0.05, 0) is 16.5 Å². The van der Waals surface area contributed by atoms with Gasteiger partial charge in [0.1, 0.15) is 5.69 Å². The van der Waals surface area contributed by atoms with Gasteiger partial charge in [0.15, 0.2) is 0 Å². The molecule has 0 amide bonds. The fourth-order valence-corrected chi connectivity index (χ4v) is 1.41. The largest absolute Gasteiger partial charge is 0.252 e. The fraction of sp³-hybridized carbons (Fsp3) is 0.143. The first kappa shape index (κ1) is 5.82. The maximum Gasteiger partial charge on any atom is 0.201 e. The second kappa shape index (κ2) is 1.88. The van der Waals surface area contributed by atoms with Crippen LogP contribution in [0.4, 0.5) is 0 Å². The van der Waals surface area contributed by atoms with Gasteiger partial charge in [-0.1, -0.05) is 6.07 Å². The monoisotopic (exact) mass is 159 g/mol. The number of hydrogen-bond acceptors (Lipinski definition) is 4. The summed E-state index contributed by atoms with van der Waals surface area (Å²) in [5.41, 5.74) is 2.07. The second-order valence-corrected chi connectivity index (χ2v) is 2.67. The predicted octanol–water partition coefficient (Wildman–Crippen LogP) is 0.0968. The maximum atomic E-state index is 4.21. The first-order chi connectivity index (χ1) is 5.95. The van der Waals surface area contributed by atoms with Crippen LogP contribution >= 0.6 is 0 Å². The average molecular weight is 159 g/mol. The van der Waals surface area contributed by atoms with Crippen molar-refractivity contribution in [3.8, 4) is 11.5 Å². The van der Waals surface area contributed by atoms with Crippen molar-refractivity contribution in [3.05, 3.63) is 23.9 Å². The molecular formula is C7H5N5. The lowest BCUT2D eigenvalue weighted by atomic mass is 10.2. The Morgan fingerprint density at radius 1 is 1.42 bits per heavy atom. The van der Waals surface area contributed by atoms with E-state index >= 15 is 0 Å². The molecule has 0 spiro atoms. The molecular weight excluding hydrogens is 154 g/mol. The molecule has 0 unspecified atom stereocenters. The van der Waals surface area contributed by atoms with E-state index in [1.165, 1.54) is 0 Å². The van der Waals surface area contributed by atoms with E-state index in [0.29, 0.717) is 0 Å². The van der Waals surface area contributed by atoms with Crippen molar-refractivity contribution in [2.45, 2.75) is 6.54 Å². The zero-order valence-corrected chi connectivity index (χ0v) is 6.18. The highest BCUT2D eigenvalue weighted by molar-refractivity contribution is 5.57. The Hall–Kier alpha value is -1.78. The van der Waals surface area contributed by atoms with E-state index in [2.05, 4.69) is 20.5 Å². The maximum absolute atomic E-state index is 4.21. The summed E-state index contributed by atoms with van der Waals surface area (Å²) in [7, 11) is 0. The summed E-state index contributed by atoms with van der Waals surface area (Å²) in [6.45, 7) is 0.742. The second-order valence-electron chi connectivity index (χ2n) is 2.67. The topological polar surface area (TPSA) is 56.5 Å². The van der Waals surface area contributed by atoms with Crippen LogP contribution in [0.3, 0.4) is 0 Å². The molecule has 12 heavy (non-hydrogen) atoms. The number of rotatable bonds is 0. The molecule has 0 saturated heterocycles. The summed E-state index contributed by atoms with van der Waals surface area (Å²) >= 11 is 0. The molecule has 5 nitrogen and oxygen atoms in total. The summed E-state index contributed by atoms with van der Waals surface area (Å²) in [5.74, 6) is 0.769. The molecule has 1 aliphatic rings. The predicted molar refractivity (Wildman–Crippen MR) is 40.2 cm³/mol. The van der Waals surface area contributed by atoms with Crippen LogP contribution in [-0.2, 0) is 6.54 Å². The molecule has 0 aromatic carbocycles. The van der Waals surface area contributed by atoms with Gasteiger partial charge >= 0.3 is 0 Å². The van der Waals surface area contributed by atoms with E-state index < -0.39 is 0 Å². The lowest BCUT2D eigenvalue weighted by Gasteiger charge is -1.91. The quantitative estimate of drug-likeness (QED) is 0.466. The van der Waals surface area contributed by atoms with Crippen LogP contribution in [0.15, 0.2) is 18.3 Å². The van der Waals surface area contributed by atoms with Crippen LogP contribution in [0.5, 0.6) is 0 Å². The Kier molecular flexibility index (Phi) is 0.910. The molecule has 0 bridgehead atoms. The Morgan fingerprint density at radius 2 is 2.42 bits per heavy atom. The molecule has 0 atom stereocenters. The van der Waals surface area contributed by atoms with Crippen molar-refractivity contribution in [3.63, 3.8) is 0 Å². The molecule has 3 heterocycles. The highest BCUT2D eigenvalue weighted by Crippen LogP contribution is 2.25. The van der Waals surface area contributed by atoms with E-state index in [1.807, 2.05) is 12.1 Å². The normalized spacial score (nSPS) is 12.7. The molecule has 0 saturated carbocycles. The third kappa shape index (κ3) is 0.578. The van der Waals surface area contributed by atoms with Gasteiger partial charge in [-0.15, -0.1) is 5.10 Å². The lowest BCUT2D eigenvalue weighted by molar-refractivity contribution is 0.670. The Labute approximate surface area is 68.1 Å². The van der Waals surface area contributed by atoms with Gasteiger partial charge in [0, 0.05) is 11.8 Å². The first-order valence-corrected chi connectivity index (χ1v) is 3.65. The van der Waals surface area contributed by atoms with Crippen LogP contribution in [-0.4, -0.2) is 25.2 Å². The first-order valence-electron chi connectivity index (χ1n) is 3.65. The van der Waals surface area contributed by atoms with Crippen LogP contribution in [0, 0.1) is 0 Å². The minimum atomic E-state index is 0.742. The molecule has 0 aliphatic carbocycles. The summed E-state index contributed by atoms with van der Waals surface area (Å²) in [6, 6.07) is 3.94. The van der Waals surface area contributed by atoms with E-state index in [4.69, 9.17) is 0 Å². The third-order valence-electron chi connectivity index (χ3n) is 1.96. The number of pyridine rings is 1. The summed E-state index contributed by atoms with van der Waals surface area (Å²) < 4.78 is 1.75. The summed E-state index contributed by atoms with van der Waals surface area (Å²) in [6.07, 6.45) is 1.75. The minimum absolute atomic E-state index is 0.742. The van der Waals surface area contributed by atoms with Crippen LogP contribution in [0.2, 0.25) is 0 Å². The van der Waals surface area contributed by atoms with E-state index in [9.17, 15) is 0 Å². The molecule has 5 heteroatoms. The van der Waals surface area contributed by atoms with Crippen LogP contribution < -0.4 is 0 Å². The van der Waals surface area contributed by atoms with Gasteiger partial charge in [0.05, 0.1) is 6.54 Å². The van der Waals surface area contributed by atoms with Gasteiger partial charge in [-0.2, -0.15) is 0 Å². The zero-order valence-electron chi connectivity index (χ0n) is 6.18. The van der Waals surface area contributed by atoms with Crippen molar-refractivity contribution in [2.75, 3.05) is 0 Å². The summed E-state index contributed by atoms with van der Waals surface area (Å²) in [5, 5.41) is 11.3. The van der Waals surface area contributed by atoms with E-state index in [1.54, 1.807) is 10.9 Å². The Morgan fingerprint density at radius 3 is 3.42 bits per heavy atom.